The van der Waals surface area contributed by atoms with Crippen molar-refractivity contribution in [3.8, 4) is 0 Å². The molecule has 1 fully saturated rings. The van der Waals surface area contributed by atoms with Crippen molar-refractivity contribution < 1.29 is 13.2 Å². The lowest BCUT2D eigenvalue weighted by molar-refractivity contribution is -0.115. The van der Waals surface area contributed by atoms with Gasteiger partial charge in [0.2, 0.25) is 15.9 Å². The predicted octanol–water partition coefficient (Wildman–Crippen LogP) is 0.164. The van der Waals surface area contributed by atoms with Crippen LogP contribution in [0.5, 0.6) is 0 Å². The number of rotatable bonds is 3. The van der Waals surface area contributed by atoms with E-state index >= 15 is 0 Å². The van der Waals surface area contributed by atoms with Gasteiger partial charge in [-0.2, -0.15) is 4.31 Å². The molecule has 1 aromatic rings. The molecule has 0 aromatic heterocycles. The largest absolute Gasteiger partial charge is 0.326 e. The van der Waals surface area contributed by atoms with Gasteiger partial charge in [-0.15, -0.1) is 0 Å². The van der Waals surface area contributed by atoms with Crippen LogP contribution in [0.1, 0.15) is 12.0 Å². The zero-order chi connectivity index (χ0) is 14.3. The molecule has 2 aliphatic heterocycles. The van der Waals surface area contributed by atoms with Gasteiger partial charge in [0.15, 0.2) is 0 Å². The fourth-order valence-electron chi connectivity index (χ4n) is 2.70. The maximum atomic E-state index is 12.6. The minimum Gasteiger partial charge on any atom is -0.326 e. The highest BCUT2D eigenvalue weighted by Crippen LogP contribution is 2.28. The summed E-state index contributed by atoms with van der Waals surface area (Å²) in [5.41, 5.74) is 1.46. The molecule has 20 heavy (non-hydrogen) atoms. The van der Waals surface area contributed by atoms with Crippen molar-refractivity contribution in [3.05, 3.63) is 23.8 Å². The quantitative estimate of drug-likeness (QED) is 0.833. The number of benzene rings is 1. The molecule has 108 valence electrons. The number of carbonyl (C=O) groups excluding carboxylic acids is 1. The number of carbonyl (C=O) groups is 1. The van der Waals surface area contributed by atoms with Crippen molar-refractivity contribution in [2.75, 3.05) is 25.5 Å². The third kappa shape index (κ3) is 2.21. The van der Waals surface area contributed by atoms with E-state index in [1.807, 2.05) is 7.05 Å². The lowest BCUT2D eigenvalue weighted by Gasteiger charge is -2.17. The molecule has 7 heteroatoms. The molecule has 1 amide bonds. The van der Waals surface area contributed by atoms with E-state index in [0.29, 0.717) is 18.8 Å². The summed E-state index contributed by atoms with van der Waals surface area (Å²) in [4.78, 5) is 11.6. The first-order chi connectivity index (χ1) is 9.50. The summed E-state index contributed by atoms with van der Waals surface area (Å²) in [5, 5.41) is 5.81. The molecule has 6 nitrogen and oxygen atoms in total. The molecule has 2 heterocycles. The van der Waals surface area contributed by atoms with Crippen molar-refractivity contribution in [1.29, 1.82) is 0 Å². The Morgan fingerprint density at radius 2 is 2.20 bits per heavy atom. The van der Waals surface area contributed by atoms with Crippen molar-refractivity contribution in [3.63, 3.8) is 0 Å². The maximum absolute atomic E-state index is 12.6. The van der Waals surface area contributed by atoms with Gasteiger partial charge in [0.1, 0.15) is 0 Å². The van der Waals surface area contributed by atoms with Crippen molar-refractivity contribution in [1.82, 2.24) is 9.62 Å². The molecule has 0 spiro atoms. The SMILES string of the molecule is CNC1CCN(S(=O)(=O)c2ccc3c(c2)CC(=O)N3)C1. The minimum absolute atomic E-state index is 0.0917. The summed E-state index contributed by atoms with van der Waals surface area (Å²) in [5.74, 6) is -0.0917. The second-order valence-electron chi connectivity index (χ2n) is 5.18. The Kier molecular flexibility index (Phi) is 3.27. The van der Waals surface area contributed by atoms with E-state index in [1.54, 1.807) is 18.2 Å². The Hall–Kier alpha value is -1.44. The second-order valence-corrected chi connectivity index (χ2v) is 7.12. The third-order valence-corrected chi connectivity index (χ3v) is 5.76. The van der Waals surface area contributed by atoms with Crippen molar-refractivity contribution in [2.45, 2.75) is 23.8 Å². The van der Waals surface area contributed by atoms with Crippen LogP contribution in [0.2, 0.25) is 0 Å². The summed E-state index contributed by atoms with van der Waals surface area (Å²) >= 11 is 0. The van der Waals surface area contributed by atoms with Crippen LogP contribution in [-0.2, 0) is 21.2 Å². The number of fused-ring (bicyclic) bond motifs is 1. The molecule has 1 atom stereocenters. The molecule has 2 aliphatic rings. The predicted molar refractivity (Wildman–Crippen MR) is 75.0 cm³/mol. The lowest BCUT2D eigenvalue weighted by atomic mass is 10.2. The Labute approximate surface area is 118 Å². The standard InChI is InChI=1S/C13H17N3O3S/c1-14-10-4-5-16(8-10)20(18,19)11-2-3-12-9(6-11)7-13(17)15-12/h2-3,6,10,14H,4-5,7-8H2,1H3,(H,15,17). The molecular formula is C13H17N3O3S. The Bertz CT molecular complexity index is 657. The Morgan fingerprint density at radius 1 is 1.40 bits per heavy atom. The molecule has 0 bridgehead atoms. The second kappa shape index (κ2) is 4.83. The molecule has 1 saturated heterocycles. The fraction of sp³-hybridized carbons (Fsp3) is 0.462. The molecule has 3 rings (SSSR count). The number of sulfonamides is 1. The number of anilines is 1. The van der Waals surface area contributed by atoms with Crippen LogP contribution in [0.25, 0.3) is 0 Å². The van der Waals surface area contributed by atoms with Crippen LogP contribution in [-0.4, -0.2) is 44.8 Å². The van der Waals surface area contributed by atoms with Gasteiger partial charge >= 0.3 is 0 Å². The topological polar surface area (TPSA) is 78.5 Å². The number of likely N-dealkylation sites (N-methyl/N-ethyl adjacent to an activating group) is 1. The van der Waals surface area contributed by atoms with E-state index in [9.17, 15) is 13.2 Å². The average Bonchev–Trinajstić information content (AvgIpc) is 3.02. The first-order valence-corrected chi connectivity index (χ1v) is 8.05. The van der Waals surface area contributed by atoms with Gasteiger partial charge in [-0.1, -0.05) is 0 Å². The van der Waals surface area contributed by atoms with Gasteiger partial charge in [0.25, 0.3) is 0 Å². The minimum atomic E-state index is -3.47. The highest BCUT2D eigenvalue weighted by Gasteiger charge is 2.32. The van der Waals surface area contributed by atoms with Gasteiger partial charge in [-0.3, -0.25) is 4.79 Å². The summed E-state index contributed by atoms with van der Waals surface area (Å²) in [6.45, 7) is 1.02. The van der Waals surface area contributed by atoms with Gasteiger partial charge in [-0.25, -0.2) is 8.42 Å². The zero-order valence-electron chi connectivity index (χ0n) is 11.2. The van der Waals surface area contributed by atoms with E-state index in [0.717, 1.165) is 12.0 Å². The Balaban J connectivity index is 1.89. The van der Waals surface area contributed by atoms with Crippen LogP contribution in [0.4, 0.5) is 5.69 Å². The summed E-state index contributed by atoms with van der Waals surface area (Å²) in [7, 11) is -1.63. The highest BCUT2D eigenvalue weighted by molar-refractivity contribution is 7.89. The number of amides is 1. The summed E-state index contributed by atoms with van der Waals surface area (Å²) < 4.78 is 26.6. The molecule has 0 saturated carbocycles. The normalized spacial score (nSPS) is 22.9. The van der Waals surface area contributed by atoms with Crippen LogP contribution in [0.15, 0.2) is 23.1 Å². The summed E-state index contributed by atoms with van der Waals surface area (Å²) in [6.07, 6.45) is 1.07. The molecule has 2 N–H and O–H groups in total. The van der Waals surface area contributed by atoms with Crippen LogP contribution in [0, 0.1) is 0 Å². The number of hydrogen-bond acceptors (Lipinski definition) is 4. The zero-order valence-corrected chi connectivity index (χ0v) is 12.0. The number of hydrogen-bond donors (Lipinski definition) is 2. The fourth-order valence-corrected chi connectivity index (χ4v) is 4.25. The highest BCUT2D eigenvalue weighted by atomic mass is 32.2. The van der Waals surface area contributed by atoms with E-state index in [-0.39, 0.29) is 23.3 Å². The lowest BCUT2D eigenvalue weighted by Crippen LogP contribution is -2.33. The summed E-state index contributed by atoms with van der Waals surface area (Å²) in [6, 6.07) is 5.04. The van der Waals surface area contributed by atoms with E-state index in [2.05, 4.69) is 10.6 Å². The van der Waals surface area contributed by atoms with Gasteiger partial charge in [-0.05, 0) is 37.2 Å². The smallest absolute Gasteiger partial charge is 0.243 e. The van der Waals surface area contributed by atoms with Crippen molar-refractivity contribution in [2.24, 2.45) is 0 Å². The van der Waals surface area contributed by atoms with Crippen LogP contribution >= 0.6 is 0 Å². The van der Waals surface area contributed by atoms with Gasteiger partial charge in [0, 0.05) is 24.8 Å². The van der Waals surface area contributed by atoms with E-state index in [4.69, 9.17) is 0 Å². The first-order valence-electron chi connectivity index (χ1n) is 6.61. The molecule has 0 radical (unpaired) electrons. The molecule has 0 aliphatic carbocycles. The number of nitrogens with zero attached hydrogens (tertiary/aromatic N) is 1. The average molecular weight is 295 g/mol. The monoisotopic (exact) mass is 295 g/mol. The third-order valence-electron chi connectivity index (χ3n) is 3.90. The van der Waals surface area contributed by atoms with Crippen LogP contribution < -0.4 is 10.6 Å². The molecule has 1 aromatic carbocycles. The van der Waals surface area contributed by atoms with Crippen molar-refractivity contribution >= 4 is 21.6 Å². The molecular weight excluding hydrogens is 278 g/mol. The first kappa shape index (κ1) is 13.5. The van der Waals surface area contributed by atoms with Crippen LogP contribution in [0.3, 0.4) is 0 Å². The van der Waals surface area contributed by atoms with E-state index < -0.39 is 10.0 Å². The molecule has 1 unspecified atom stereocenters. The Morgan fingerprint density at radius 3 is 2.90 bits per heavy atom. The van der Waals surface area contributed by atoms with Gasteiger partial charge in [0.05, 0.1) is 11.3 Å². The van der Waals surface area contributed by atoms with E-state index in [1.165, 1.54) is 4.31 Å². The van der Waals surface area contributed by atoms with Gasteiger partial charge < -0.3 is 10.6 Å². The maximum Gasteiger partial charge on any atom is 0.243 e. The number of nitrogens with one attached hydrogen (secondary N) is 2.